The minimum absolute atomic E-state index is 0.0519. The molecule has 12 heteroatoms. The summed E-state index contributed by atoms with van der Waals surface area (Å²) >= 11 is 3.71. The summed E-state index contributed by atoms with van der Waals surface area (Å²) in [6, 6.07) is 4.03. The number of nitrogens with one attached hydrogen (secondary N) is 1. The average molecular weight is 414 g/mol. The topological polar surface area (TPSA) is 85.8 Å². The highest BCUT2D eigenvalue weighted by molar-refractivity contribution is 9.10. The number of thioether (sulfide) groups is 1. The minimum Gasteiger partial charge on any atom is -0.335 e. The highest BCUT2D eigenvalue weighted by Gasteiger charge is 2.38. The third kappa shape index (κ3) is 4.34. The van der Waals surface area contributed by atoms with E-state index in [1.54, 1.807) is 0 Å². The normalized spacial score (nSPS) is 11.5. The fraction of sp³-hybridized carbons (Fsp3) is 0.182. The standard InChI is InChI=1S/C11H8BrF4N5OS/c12-5-1-2-7(6(13)3-5)18-8(22)4-23-10-20-19-9(21(10)17)11(14,15)16/h1-3H,4,17H2,(H,18,22). The third-order valence-electron chi connectivity index (χ3n) is 2.46. The van der Waals surface area contributed by atoms with Crippen molar-refractivity contribution in [2.75, 3.05) is 16.9 Å². The molecule has 0 aliphatic rings. The lowest BCUT2D eigenvalue weighted by molar-refractivity contribution is -0.146. The van der Waals surface area contributed by atoms with Crippen LogP contribution in [0, 0.1) is 5.82 Å². The molecule has 124 valence electrons. The molecule has 3 N–H and O–H groups in total. The Bertz CT molecular complexity index is 736. The van der Waals surface area contributed by atoms with E-state index in [2.05, 4.69) is 31.4 Å². The van der Waals surface area contributed by atoms with Crippen molar-refractivity contribution in [2.45, 2.75) is 11.3 Å². The van der Waals surface area contributed by atoms with Crippen molar-refractivity contribution in [3.8, 4) is 0 Å². The lowest BCUT2D eigenvalue weighted by atomic mass is 10.3. The molecule has 1 amide bonds. The molecule has 2 rings (SSSR count). The number of halogens is 5. The molecule has 0 aliphatic carbocycles. The summed E-state index contributed by atoms with van der Waals surface area (Å²) in [6.45, 7) is 0. The van der Waals surface area contributed by atoms with E-state index in [9.17, 15) is 22.4 Å². The van der Waals surface area contributed by atoms with E-state index < -0.39 is 23.7 Å². The van der Waals surface area contributed by atoms with Crippen LogP contribution in [-0.2, 0) is 11.0 Å². The highest BCUT2D eigenvalue weighted by atomic mass is 79.9. The number of rotatable bonds is 4. The molecular weight excluding hydrogens is 406 g/mol. The first kappa shape index (κ1) is 17.5. The van der Waals surface area contributed by atoms with Gasteiger partial charge in [-0.2, -0.15) is 13.2 Å². The molecule has 23 heavy (non-hydrogen) atoms. The summed E-state index contributed by atoms with van der Waals surface area (Å²) in [5.74, 6) is 2.25. The first-order chi connectivity index (χ1) is 10.7. The van der Waals surface area contributed by atoms with Gasteiger partial charge in [-0.05, 0) is 18.2 Å². The van der Waals surface area contributed by atoms with Gasteiger partial charge in [0.05, 0.1) is 11.4 Å². The van der Waals surface area contributed by atoms with Gasteiger partial charge in [0.1, 0.15) is 5.82 Å². The molecule has 1 heterocycles. The monoisotopic (exact) mass is 413 g/mol. The van der Waals surface area contributed by atoms with Gasteiger partial charge in [0.2, 0.25) is 11.1 Å². The molecule has 0 atom stereocenters. The van der Waals surface area contributed by atoms with Gasteiger partial charge in [0.25, 0.3) is 5.82 Å². The van der Waals surface area contributed by atoms with Crippen molar-refractivity contribution in [1.29, 1.82) is 0 Å². The number of aromatic nitrogens is 3. The van der Waals surface area contributed by atoms with Gasteiger partial charge in [0.15, 0.2) is 0 Å². The molecule has 6 nitrogen and oxygen atoms in total. The number of carbonyl (C=O) groups is 1. The molecule has 2 aromatic rings. The van der Waals surface area contributed by atoms with Crippen molar-refractivity contribution in [1.82, 2.24) is 14.9 Å². The van der Waals surface area contributed by atoms with Gasteiger partial charge < -0.3 is 11.2 Å². The van der Waals surface area contributed by atoms with Crippen LogP contribution in [0.25, 0.3) is 0 Å². The second kappa shape index (κ2) is 6.74. The van der Waals surface area contributed by atoms with Crippen LogP contribution in [0.15, 0.2) is 27.8 Å². The van der Waals surface area contributed by atoms with Gasteiger partial charge in [0, 0.05) is 4.47 Å². The van der Waals surface area contributed by atoms with E-state index in [4.69, 9.17) is 5.84 Å². The van der Waals surface area contributed by atoms with Crippen molar-refractivity contribution < 1.29 is 22.4 Å². The highest BCUT2D eigenvalue weighted by Crippen LogP contribution is 2.29. The Morgan fingerprint density at radius 2 is 2.09 bits per heavy atom. The number of carbonyl (C=O) groups excluding carboxylic acids is 1. The van der Waals surface area contributed by atoms with Crippen LogP contribution in [0.2, 0.25) is 0 Å². The van der Waals surface area contributed by atoms with Crippen molar-refractivity contribution >= 4 is 39.3 Å². The summed E-state index contributed by atoms with van der Waals surface area (Å²) in [5.41, 5.74) is -0.0519. The number of nitrogens with zero attached hydrogens (tertiary/aromatic N) is 3. The Balaban J connectivity index is 1.98. The van der Waals surface area contributed by atoms with E-state index in [1.807, 2.05) is 0 Å². The Morgan fingerprint density at radius 3 is 2.65 bits per heavy atom. The van der Waals surface area contributed by atoms with Crippen molar-refractivity contribution in [3.05, 3.63) is 34.3 Å². The summed E-state index contributed by atoms with van der Waals surface area (Å²) in [7, 11) is 0. The average Bonchev–Trinajstić information content (AvgIpc) is 2.81. The van der Waals surface area contributed by atoms with E-state index in [1.165, 1.54) is 12.1 Å². The number of benzene rings is 1. The quantitative estimate of drug-likeness (QED) is 0.457. The Morgan fingerprint density at radius 1 is 1.39 bits per heavy atom. The largest absolute Gasteiger partial charge is 0.453 e. The van der Waals surface area contributed by atoms with Gasteiger partial charge in [-0.1, -0.05) is 27.7 Å². The third-order valence-corrected chi connectivity index (χ3v) is 3.89. The number of amides is 1. The molecule has 0 saturated heterocycles. The van der Waals surface area contributed by atoms with Crippen LogP contribution >= 0.6 is 27.7 Å². The van der Waals surface area contributed by atoms with Crippen LogP contribution in [0.5, 0.6) is 0 Å². The van der Waals surface area contributed by atoms with Crippen molar-refractivity contribution in [2.24, 2.45) is 0 Å². The number of hydrogen-bond donors (Lipinski definition) is 2. The second-order valence-electron chi connectivity index (χ2n) is 4.13. The van der Waals surface area contributed by atoms with Crippen LogP contribution in [0.3, 0.4) is 0 Å². The molecule has 0 fully saturated rings. The number of alkyl halides is 3. The predicted molar refractivity (Wildman–Crippen MR) is 78.6 cm³/mol. The number of hydrogen-bond acceptors (Lipinski definition) is 5. The summed E-state index contributed by atoms with van der Waals surface area (Å²) in [6.07, 6.45) is -4.75. The van der Waals surface area contributed by atoms with Gasteiger partial charge in [-0.3, -0.25) is 4.79 Å². The molecule has 0 aliphatic heterocycles. The summed E-state index contributed by atoms with van der Waals surface area (Å²) < 4.78 is 51.8. The zero-order valence-corrected chi connectivity index (χ0v) is 13.5. The zero-order valence-electron chi connectivity index (χ0n) is 11.1. The summed E-state index contributed by atoms with van der Waals surface area (Å²) in [5, 5.41) is 8.18. The molecule has 0 spiro atoms. The Labute approximate surface area is 139 Å². The zero-order chi connectivity index (χ0) is 17.2. The molecule has 1 aromatic carbocycles. The molecular formula is C11H8BrF4N5OS. The fourth-order valence-corrected chi connectivity index (χ4v) is 2.47. The van der Waals surface area contributed by atoms with E-state index in [0.29, 0.717) is 16.2 Å². The number of anilines is 1. The number of nitrogens with two attached hydrogens (primary N) is 1. The van der Waals surface area contributed by atoms with E-state index in [-0.39, 0.29) is 21.3 Å². The number of nitrogen functional groups attached to an aromatic ring is 1. The van der Waals surface area contributed by atoms with Crippen LogP contribution in [0.1, 0.15) is 5.82 Å². The molecule has 0 radical (unpaired) electrons. The maximum Gasteiger partial charge on any atom is 0.453 e. The first-order valence-electron chi connectivity index (χ1n) is 5.84. The van der Waals surface area contributed by atoms with Gasteiger partial charge >= 0.3 is 6.18 Å². The fourth-order valence-electron chi connectivity index (χ4n) is 1.48. The predicted octanol–water partition coefficient (Wildman–Crippen LogP) is 2.64. The Hall–Kier alpha value is -1.82. The second-order valence-corrected chi connectivity index (χ2v) is 5.99. The van der Waals surface area contributed by atoms with Crippen LogP contribution < -0.4 is 11.2 Å². The smallest absolute Gasteiger partial charge is 0.335 e. The van der Waals surface area contributed by atoms with E-state index in [0.717, 1.165) is 6.07 Å². The molecule has 0 saturated carbocycles. The lowest BCUT2D eigenvalue weighted by Crippen LogP contribution is -2.22. The molecule has 0 unspecified atom stereocenters. The summed E-state index contributed by atoms with van der Waals surface area (Å²) in [4.78, 5) is 11.7. The van der Waals surface area contributed by atoms with Crippen molar-refractivity contribution in [3.63, 3.8) is 0 Å². The molecule has 1 aromatic heterocycles. The van der Waals surface area contributed by atoms with Gasteiger partial charge in [-0.15, -0.1) is 10.2 Å². The van der Waals surface area contributed by atoms with Crippen LogP contribution in [0.4, 0.5) is 23.2 Å². The molecule has 0 bridgehead atoms. The Kier molecular flexibility index (Phi) is 5.14. The van der Waals surface area contributed by atoms with Gasteiger partial charge in [-0.25, -0.2) is 9.07 Å². The minimum atomic E-state index is -4.75. The SMILES string of the molecule is Nn1c(SCC(=O)Nc2ccc(Br)cc2F)nnc1C(F)(F)F. The lowest BCUT2D eigenvalue weighted by Gasteiger charge is -2.07. The maximum atomic E-state index is 13.5. The first-order valence-corrected chi connectivity index (χ1v) is 7.61. The van der Waals surface area contributed by atoms with E-state index >= 15 is 0 Å². The maximum absolute atomic E-state index is 13.5. The van der Waals surface area contributed by atoms with Crippen LogP contribution in [-0.4, -0.2) is 26.5 Å².